The molecule has 26 heavy (non-hydrogen) atoms. The van der Waals surface area contributed by atoms with E-state index < -0.39 is 41.8 Å². The van der Waals surface area contributed by atoms with E-state index in [1.165, 1.54) is 17.2 Å². The molecule has 3 heterocycles. The van der Waals surface area contributed by atoms with Crippen LogP contribution in [0.15, 0.2) is 52.2 Å². The molecule has 2 aliphatic heterocycles. The lowest BCUT2D eigenvalue weighted by molar-refractivity contribution is -0.0690. The Morgan fingerprint density at radius 3 is 2.65 bits per heavy atom. The first kappa shape index (κ1) is 16.6. The molecule has 136 valence electrons. The molecule has 9 nitrogen and oxygen atoms in total. The fourth-order valence-electron chi connectivity index (χ4n) is 3.42. The van der Waals surface area contributed by atoms with Gasteiger partial charge in [0.25, 0.3) is 5.56 Å². The topological polar surface area (TPSA) is 114 Å². The third-order valence-electron chi connectivity index (χ3n) is 4.62. The minimum absolute atomic E-state index is 0.0134. The van der Waals surface area contributed by atoms with Crippen LogP contribution in [0.5, 0.6) is 0 Å². The third-order valence-corrected chi connectivity index (χ3v) is 4.62. The number of benzene rings is 1. The summed E-state index contributed by atoms with van der Waals surface area (Å²) in [5.41, 5.74) is -0.357. The van der Waals surface area contributed by atoms with Gasteiger partial charge in [0.1, 0.15) is 18.8 Å². The summed E-state index contributed by atoms with van der Waals surface area (Å²) < 4.78 is 12.0. The number of fused-ring (bicyclic) bond motifs is 1. The highest BCUT2D eigenvalue weighted by atomic mass is 16.6. The number of carbonyl (C=O) groups excluding carboxylic acids is 1. The van der Waals surface area contributed by atoms with Crippen LogP contribution in [0, 0.1) is 0 Å². The molecule has 2 saturated heterocycles. The quantitative estimate of drug-likeness (QED) is 0.786. The number of hydrogen-bond donors (Lipinski definition) is 2. The number of nitrogens with one attached hydrogen (secondary N) is 1. The number of carbonyl (C=O) groups is 1. The van der Waals surface area contributed by atoms with Crippen molar-refractivity contribution >= 4 is 6.09 Å². The van der Waals surface area contributed by atoms with E-state index in [-0.39, 0.29) is 13.2 Å². The third kappa shape index (κ3) is 2.80. The van der Waals surface area contributed by atoms with Gasteiger partial charge in [0.05, 0.1) is 6.04 Å². The van der Waals surface area contributed by atoms with Crippen LogP contribution >= 0.6 is 0 Å². The Morgan fingerprint density at radius 1 is 1.15 bits per heavy atom. The van der Waals surface area contributed by atoms with Gasteiger partial charge in [-0.3, -0.25) is 19.2 Å². The van der Waals surface area contributed by atoms with E-state index in [1.807, 2.05) is 30.3 Å². The number of aromatic amines is 1. The van der Waals surface area contributed by atoms with E-state index in [9.17, 15) is 19.5 Å². The molecule has 0 unspecified atom stereocenters. The first-order chi connectivity index (χ1) is 12.5. The largest absolute Gasteiger partial charge is 0.447 e. The molecule has 0 bridgehead atoms. The maximum atomic E-state index is 12.3. The van der Waals surface area contributed by atoms with Crippen molar-refractivity contribution in [2.75, 3.05) is 6.61 Å². The Kier molecular flexibility index (Phi) is 4.09. The van der Waals surface area contributed by atoms with Crippen LogP contribution in [-0.4, -0.2) is 50.5 Å². The van der Waals surface area contributed by atoms with Crippen LogP contribution in [-0.2, 0) is 16.0 Å². The highest BCUT2D eigenvalue weighted by Gasteiger charge is 2.52. The molecule has 1 amide bonds. The Bertz CT molecular complexity index is 924. The lowest BCUT2D eigenvalue weighted by Crippen LogP contribution is -2.55. The standard InChI is InChI=1S/C17H17N3O6/c21-12-6-7-19(16(23)18-12)15-14(22)13-11(26-15)9-25-17(24)20(13)8-10-4-2-1-3-5-10/h1-7,11,13-15,22H,8-9H2,(H,18,21,23)/t11-,13+,14-,15-/m1/s1. The fourth-order valence-corrected chi connectivity index (χ4v) is 3.42. The second-order valence-corrected chi connectivity index (χ2v) is 6.25. The predicted octanol–water partition coefficient (Wildman–Crippen LogP) is -0.184. The van der Waals surface area contributed by atoms with E-state index in [1.54, 1.807) is 0 Å². The van der Waals surface area contributed by atoms with E-state index in [0.717, 1.165) is 10.1 Å². The van der Waals surface area contributed by atoms with Gasteiger partial charge in [0, 0.05) is 18.8 Å². The molecular weight excluding hydrogens is 342 g/mol. The van der Waals surface area contributed by atoms with Crippen molar-refractivity contribution in [3.8, 4) is 0 Å². The number of amides is 1. The monoisotopic (exact) mass is 359 g/mol. The van der Waals surface area contributed by atoms with Crippen LogP contribution < -0.4 is 11.2 Å². The molecule has 0 saturated carbocycles. The summed E-state index contributed by atoms with van der Waals surface area (Å²) in [6.45, 7) is 0.231. The maximum Gasteiger partial charge on any atom is 0.410 e. The number of aliphatic hydroxyl groups is 1. The van der Waals surface area contributed by atoms with Gasteiger partial charge in [0.2, 0.25) is 0 Å². The van der Waals surface area contributed by atoms with Gasteiger partial charge in [-0.1, -0.05) is 30.3 Å². The number of H-pyrrole nitrogens is 1. The van der Waals surface area contributed by atoms with Gasteiger partial charge in [0.15, 0.2) is 6.23 Å². The number of aromatic nitrogens is 2. The highest BCUT2D eigenvalue weighted by molar-refractivity contribution is 5.69. The number of cyclic esters (lactones) is 1. The van der Waals surface area contributed by atoms with Gasteiger partial charge in [-0.2, -0.15) is 0 Å². The summed E-state index contributed by atoms with van der Waals surface area (Å²) in [6, 6.07) is 9.81. The van der Waals surface area contributed by atoms with E-state index in [4.69, 9.17) is 9.47 Å². The number of aliphatic hydroxyl groups excluding tert-OH is 1. The van der Waals surface area contributed by atoms with E-state index in [2.05, 4.69) is 4.98 Å². The van der Waals surface area contributed by atoms with E-state index >= 15 is 0 Å². The Morgan fingerprint density at radius 2 is 1.92 bits per heavy atom. The highest BCUT2D eigenvalue weighted by Crippen LogP contribution is 2.35. The zero-order valence-electron chi connectivity index (χ0n) is 13.6. The first-order valence-electron chi connectivity index (χ1n) is 8.17. The molecule has 2 fully saturated rings. The minimum atomic E-state index is -1.15. The second-order valence-electron chi connectivity index (χ2n) is 6.25. The van der Waals surface area contributed by atoms with Crippen molar-refractivity contribution in [2.45, 2.75) is 31.0 Å². The summed E-state index contributed by atoms with van der Waals surface area (Å²) in [6.07, 6.45) is -2.05. The summed E-state index contributed by atoms with van der Waals surface area (Å²) in [7, 11) is 0. The lowest BCUT2D eigenvalue weighted by atomic mass is 10.0. The van der Waals surface area contributed by atoms with Crippen LogP contribution in [0.2, 0.25) is 0 Å². The average Bonchev–Trinajstić information content (AvgIpc) is 2.95. The molecule has 0 spiro atoms. The number of rotatable bonds is 3. The molecule has 2 aromatic rings. The zero-order valence-corrected chi connectivity index (χ0v) is 13.6. The van der Waals surface area contributed by atoms with Crippen molar-refractivity contribution in [1.82, 2.24) is 14.5 Å². The van der Waals surface area contributed by atoms with Crippen molar-refractivity contribution in [3.05, 3.63) is 69.0 Å². The minimum Gasteiger partial charge on any atom is -0.447 e. The molecule has 4 atom stereocenters. The molecule has 9 heteroatoms. The van der Waals surface area contributed by atoms with Gasteiger partial charge in [-0.05, 0) is 5.56 Å². The molecule has 1 aromatic heterocycles. The fraction of sp³-hybridized carbons (Fsp3) is 0.353. The van der Waals surface area contributed by atoms with Gasteiger partial charge in [-0.25, -0.2) is 9.59 Å². The number of ether oxygens (including phenoxy) is 2. The lowest BCUT2D eigenvalue weighted by Gasteiger charge is -2.36. The molecule has 0 aliphatic carbocycles. The first-order valence-corrected chi connectivity index (χ1v) is 8.17. The second kappa shape index (κ2) is 6.43. The predicted molar refractivity (Wildman–Crippen MR) is 88.4 cm³/mol. The maximum absolute atomic E-state index is 12.3. The normalized spacial score (nSPS) is 27.9. The van der Waals surface area contributed by atoms with Crippen molar-refractivity contribution < 1.29 is 19.4 Å². The van der Waals surface area contributed by atoms with Crippen LogP contribution in [0.3, 0.4) is 0 Å². The summed E-state index contributed by atoms with van der Waals surface area (Å²) in [5.74, 6) is 0. The molecule has 4 rings (SSSR count). The molecule has 2 N–H and O–H groups in total. The number of nitrogens with zero attached hydrogens (tertiary/aromatic N) is 2. The summed E-state index contributed by atoms with van der Waals surface area (Å²) >= 11 is 0. The molecule has 0 radical (unpaired) electrons. The molecule has 1 aromatic carbocycles. The van der Waals surface area contributed by atoms with E-state index in [0.29, 0.717) is 0 Å². The van der Waals surface area contributed by atoms with Crippen LogP contribution in [0.4, 0.5) is 4.79 Å². The zero-order chi connectivity index (χ0) is 18.3. The Hall–Kier alpha value is -2.91. The molecular formula is C17H17N3O6. The van der Waals surface area contributed by atoms with Crippen LogP contribution in [0.25, 0.3) is 0 Å². The smallest absolute Gasteiger partial charge is 0.410 e. The van der Waals surface area contributed by atoms with Crippen molar-refractivity contribution in [1.29, 1.82) is 0 Å². The molecule has 2 aliphatic rings. The SMILES string of the molecule is O=C1OC[C@H]2O[C@@H](n3ccc(=O)[nH]c3=O)[C@H](O)[C@H]2N1Cc1ccccc1. The van der Waals surface area contributed by atoms with Crippen molar-refractivity contribution in [2.24, 2.45) is 0 Å². The van der Waals surface area contributed by atoms with Gasteiger partial charge in [-0.15, -0.1) is 0 Å². The average molecular weight is 359 g/mol. The van der Waals surface area contributed by atoms with Gasteiger partial charge >= 0.3 is 11.8 Å². The summed E-state index contributed by atoms with van der Waals surface area (Å²) in [4.78, 5) is 39.1. The summed E-state index contributed by atoms with van der Waals surface area (Å²) in [5, 5.41) is 10.8. The number of hydrogen-bond acceptors (Lipinski definition) is 6. The van der Waals surface area contributed by atoms with Gasteiger partial charge < -0.3 is 14.6 Å². The Labute approximate surface area is 147 Å². The van der Waals surface area contributed by atoms with Crippen molar-refractivity contribution in [3.63, 3.8) is 0 Å². The Balaban J connectivity index is 1.64. The van der Waals surface area contributed by atoms with Crippen LogP contribution in [0.1, 0.15) is 11.8 Å².